The molecule has 1 saturated carbocycles. The van der Waals surface area contributed by atoms with E-state index in [1.54, 1.807) is 0 Å². The second-order valence-corrected chi connectivity index (χ2v) is 10.5. The third kappa shape index (κ3) is 9.05. The maximum atomic E-state index is 11.7. The number of nitrogens with zero attached hydrogens (tertiary/aromatic N) is 2. The maximum Gasteiger partial charge on any atom is 0.222 e. The average Bonchev–Trinajstić information content (AvgIpc) is 3.63. The van der Waals surface area contributed by atoms with Crippen LogP contribution in [0.4, 0.5) is 5.82 Å². The van der Waals surface area contributed by atoms with Gasteiger partial charge in [-0.2, -0.15) is 0 Å². The number of rotatable bonds is 12. The highest BCUT2D eigenvalue weighted by atomic mass is 16.2. The van der Waals surface area contributed by atoms with E-state index in [1.807, 2.05) is 11.1 Å². The summed E-state index contributed by atoms with van der Waals surface area (Å²) in [6.07, 6.45) is 13.3. The molecule has 2 aromatic rings. The average molecular weight is 492 g/mol. The number of aromatic amines is 1. The number of hydrogen-bond acceptors (Lipinski definition) is 4. The summed E-state index contributed by atoms with van der Waals surface area (Å²) < 4.78 is 0. The molecule has 0 atom stereocenters. The van der Waals surface area contributed by atoms with Crippen LogP contribution >= 0.6 is 0 Å². The lowest BCUT2D eigenvalue weighted by Crippen LogP contribution is -2.38. The molecule has 5 rings (SSSR count). The first-order valence-corrected chi connectivity index (χ1v) is 14.1. The number of piperidine rings is 1. The number of benzene rings is 1. The molecule has 1 aliphatic carbocycles. The van der Waals surface area contributed by atoms with Gasteiger partial charge in [0.05, 0.1) is 0 Å². The summed E-state index contributed by atoms with van der Waals surface area (Å²) in [4.78, 5) is 19.5. The molecule has 6 nitrogen and oxygen atoms in total. The van der Waals surface area contributed by atoms with Crippen molar-refractivity contribution in [1.29, 1.82) is 0 Å². The van der Waals surface area contributed by atoms with E-state index in [0.29, 0.717) is 6.42 Å². The van der Waals surface area contributed by atoms with Gasteiger partial charge in [0.1, 0.15) is 5.82 Å². The van der Waals surface area contributed by atoms with Gasteiger partial charge in [0, 0.05) is 56.6 Å². The Labute approximate surface area is 217 Å². The number of amides is 1. The van der Waals surface area contributed by atoms with Crippen LogP contribution in [0, 0.1) is 5.92 Å². The predicted octanol–water partition coefficient (Wildman–Crippen LogP) is 5.12. The van der Waals surface area contributed by atoms with E-state index in [9.17, 15) is 4.79 Å². The molecule has 6 heteroatoms. The fourth-order valence-electron chi connectivity index (χ4n) is 4.92. The highest BCUT2D eigenvalue weighted by Gasteiger charge is 2.20. The Morgan fingerprint density at radius 2 is 1.78 bits per heavy atom. The van der Waals surface area contributed by atoms with Crippen molar-refractivity contribution in [3.8, 4) is 0 Å². The van der Waals surface area contributed by atoms with Crippen molar-refractivity contribution in [2.75, 3.05) is 51.1 Å². The Bertz CT molecular complexity index is 927. The van der Waals surface area contributed by atoms with Crippen molar-refractivity contribution in [1.82, 2.24) is 20.1 Å². The van der Waals surface area contributed by atoms with Gasteiger partial charge >= 0.3 is 0 Å². The van der Waals surface area contributed by atoms with Crippen molar-refractivity contribution < 1.29 is 4.79 Å². The number of H-pyrrole nitrogens is 1. The molecule has 3 fully saturated rings. The van der Waals surface area contributed by atoms with Gasteiger partial charge in [-0.25, -0.2) is 0 Å². The number of aromatic nitrogens is 1. The lowest BCUT2D eigenvalue weighted by Gasteiger charge is -2.32. The van der Waals surface area contributed by atoms with E-state index < -0.39 is 0 Å². The SMILES string of the molecule is C1CC1.C=C(NCCN1CCC(CCc2ccccc2)CC1)c1c[nH]c(NCCN2CCCC2=O)c1. The Kier molecular flexibility index (Phi) is 10.3. The van der Waals surface area contributed by atoms with Gasteiger partial charge in [0.15, 0.2) is 0 Å². The number of aryl methyl sites for hydroxylation is 1. The van der Waals surface area contributed by atoms with Crippen LogP contribution in [-0.2, 0) is 11.2 Å². The van der Waals surface area contributed by atoms with Gasteiger partial charge in [0.25, 0.3) is 0 Å². The van der Waals surface area contributed by atoms with Crippen LogP contribution < -0.4 is 10.6 Å². The van der Waals surface area contributed by atoms with Crippen molar-refractivity contribution in [3.63, 3.8) is 0 Å². The summed E-state index contributed by atoms with van der Waals surface area (Å²) >= 11 is 0. The van der Waals surface area contributed by atoms with Crippen LogP contribution in [0.3, 0.4) is 0 Å². The van der Waals surface area contributed by atoms with Gasteiger partial charge in [-0.1, -0.05) is 56.2 Å². The number of nitrogens with one attached hydrogen (secondary N) is 3. The Balaban J connectivity index is 0.000000943. The summed E-state index contributed by atoms with van der Waals surface area (Å²) in [5, 5.41) is 6.86. The highest BCUT2D eigenvalue weighted by molar-refractivity contribution is 5.78. The summed E-state index contributed by atoms with van der Waals surface area (Å²) in [5.74, 6) is 2.11. The number of likely N-dealkylation sites (tertiary alicyclic amines) is 2. The first-order chi connectivity index (χ1) is 17.7. The van der Waals surface area contributed by atoms with E-state index in [4.69, 9.17) is 0 Å². The van der Waals surface area contributed by atoms with Crippen LogP contribution in [0.1, 0.15) is 62.5 Å². The Hall–Kier alpha value is -2.73. The minimum absolute atomic E-state index is 0.276. The molecule has 0 radical (unpaired) electrons. The molecular weight excluding hydrogens is 446 g/mol. The Morgan fingerprint density at radius 1 is 1.00 bits per heavy atom. The monoisotopic (exact) mass is 491 g/mol. The minimum Gasteiger partial charge on any atom is -0.384 e. The first-order valence-electron chi connectivity index (χ1n) is 14.1. The molecule has 196 valence electrons. The smallest absolute Gasteiger partial charge is 0.222 e. The van der Waals surface area contributed by atoms with Gasteiger partial charge in [-0.15, -0.1) is 0 Å². The highest BCUT2D eigenvalue weighted by Crippen LogP contribution is 2.22. The second-order valence-electron chi connectivity index (χ2n) is 10.5. The van der Waals surface area contributed by atoms with Gasteiger partial charge in [-0.05, 0) is 62.7 Å². The van der Waals surface area contributed by atoms with Crippen LogP contribution in [0.15, 0.2) is 49.2 Å². The van der Waals surface area contributed by atoms with Gasteiger partial charge < -0.3 is 25.4 Å². The van der Waals surface area contributed by atoms with Crippen molar-refractivity contribution in [3.05, 3.63) is 60.3 Å². The lowest BCUT2D eigenvalue weighted by molar-refractivity contribution is -0.127. The van der Waals surface area contributed by atoms with Gasteiger partial charge in [0.2, 0.25) is 5.91 Å². The number of hydrogen-bond donors (Lipinski definition) is 3. The largest absolute Gasteiger partial charge is 0.384 e. The van der Waals surface area contributed by atoms with E-state index in [-0.39, 0.29) is 5.91 Å². The molecule has 0 unspecified atom stereocenters. The van der Waals surface area contributed by atoms with E-state index in [0.717, 1.165) is 62.1 Å². The van der Waals surface area contributed by atoms with Crippen molar-refractivity contribution in [2.45, 2.75) is 57.8 Å². The van der Waals surface area contributed by atoms with Crippen LogP contribution in [0.5, 0.6) is 0 Å². The van der Waals surface area contributed by atoms with Gasteiger partial charge in [-0.3, -0.25) is 4.79 Å². The zero-order chi connectivity index (χ0) is 25.0. The quantitative estimate of drug-likeness (QED) is 0.385. The van der Waals surface area contributed by atoms with Crippen LogP contribution in [-0.4, -0.2) is 66.5 Å². The number of carbonyl (C=O) groups excluding carboxylic acids is 1. The van der Waals surface area contributed by atoms with E-state index in [2.05, 4.69) is 63.5 Å². The maximum absolute atomic E-state index is 11.7. The third-order valence-corrected chi connectivity index (χ3v) is 7.41. The molecule has 3 aliphatic rings. The van der Waals surface area contributed by atoms with E-state index in [1.165, 1.54) is 63.6 Å². The fourth-order valence-corrected chi connectivity index (χ4v) is 4.92. The molecule has 36 heavy (non-hydrogen) atoms. The zero-order valence-corrected chi connectivity index (χ0v) is 21.9. The summed E-state index contributed by atoms with van der Waals surface area (Å²) in [6.45, 7) is 11.0. The van der Waals surface area contributed by atoms with Crippen LogP contribution in [0.2, 0.25) is 0 Å². The lowest BCUT2D eigenvalue weighted by atomic mass is 9.90. The molecule has 2 aliphatic heterocycles. The molecule has 3 N–H and O–H groups in total. The summed E-state index contributed by atoms with van der Waals surface area (Å²) in [5.41, 5.74) is 3.49. The Morgan fingerprint density at radius 3 is 2.47 bits per heavy atom. The normalized spacial score (nSPS) is 18.0. The molecule has 1 aromatic carbocycles. The fraction of sp³-hybridized carbons (Fsp3) is 0.567. The topological polar surface area (TPSA) is 63.4 Å². The standard InChI is InChI=1S/C27H39N5O.C3H6/c1-22(25-20-26(30-21-25)29-14-19-32-15-5-8-27(32)33)28-13-18-31-16-11-24(12-17-31)10-9-23-6-3-2-4-7-23;1-2-3-1/h2-4,6-7,20-21,24,28-30H,1,5,8-19H2;1-3H2. The van der Waals surface area contributed by atoms with Crippen molar-refractivity contribution in [2.24, 2.45) is 5.92 Å². The summed E-state index contributed by atoms with van der Waals surface area (Å²) in [7, 11) is 0. The molecular formula is C30H45N5O. The molecule has 1 aromatic heterocycles. The summed E-state index contributed by atoms with van der Waals surface area (Å²) in [6, 6.07) is 12.9. The molecule has 1 amide bonds. The number of carbonyl (C=O) groups is 1. The minimum atomic E-state index is 0.276. The zero-order valence-electron chi connectivity index (χ0n) is 21.9. The number of anilines is 1. The molecule has 3 heterocycles. The van der Waals surface area contributed by atoms with Crippen LogP contribution in [0.25, 0.3) is 5.70 Å². The van der Waals surface area contributed by atoms with E-state index >= 15 is 0 Å². The first kappa shape index (κ1) is 26.3. The molecule has 0 spiro atoms. The molecule has 0 bridgehead atoms. The second kappa shape index (κ2) is 14.1. The van der Waals surface area contributed by atoms with Crippen molar-refractivity contribution >= 4 is 17.4 Å². The predicted molar refractivity (Wildman–Crippen MR) is 150 cm³/mol. The third-order valence-electron chi connectivity index (χ3n) is 7.41. The molecule has 2 saturated heterocycles.